The van der Waals surface area contributed by atoms with E-state index in [0.29, 0.717) is 17.8 Å². The molecule has 16 heavy (non-hydrogen) atoms. The number of ether oxygens (including phenoxy) is 1. The molecule has 2 bridgehead atoms. The molecule has 1 heterocycles. The lowest BCUT2D eigenvalue weighted by Gasteiger charge is -2.34. The average molecular weight is 220 g/mol. The second-order valence-corrected chi connectivity index (χ2v) is 6.73. The third kappa shape index (κ3) is 0.892. The Kier molecular flexibility index (Phi) is 1.68. The van der Waals surface area contributed by atoms with Gasteiger partial charge in [0.25, 0.3) is 0 Å². The van der Waals surface area contributed by atoms with Crippen molar-refractivity contribution in [2.24, 2.45) is 47.3 Å². The Hall–Kier alpha value is -0.530. The van der Waals surface area contributed by atoms with Crippen LogP contribution in [0, 0.1) is 47.3 Å². The highest BCUT2D eigenvalue weighted by atomic mass is 16.5. The van der Waals surface area contributed by atoms with E-state index < -0.39 is 0 Å². The first-order valence-corrected chi connectivity index (χ1v) is 6.85. The molecule has 0 aromatic heterocycles. The van der Waals surface area contributed by atoms with Crippen LogP contribution in [0.2, 0.25) is 0 Å². The summed E-state index contributed by atoms with van der Waals surface area (Å²) in [4.78, 5) is 11.8. The van der Waals surface area contributed by atoms with Gasteiger partial charge in [0.1, 0.15) is 0 Å². The Bertz CT molecular complexity index is 351. The summed E-state index contributed by atoms with van der Waals surface area (Å²) in [6.07, 6.45) is 2.71. The van der Waals surface area contributed by atoms with Gasteiger partial charge in [-0.25, -0.2) is 0 Å². The van der Waals surface area contributed by atoms with Crippen LogP contribution in [0.25, 0.3) is 0 Å². The summed E-state index contributed by atoms with van der Waals surface area (Å²) in [7, 11) is 0. The fourth-order valence-electron chi connectivity index (χ4n) is 5.98. The van der Waals surface area contributed by atoms with Crippen LogP contribution in [0.5, 0.6) is 0 Å². The molecular weight excluding hydrogens is 200 g/mol. The van der Waals surface area contributed by atoms with Gasteiger partial charge in [0.2, 0.25) is 0 Å². The summed E-state index contributed by atoms with van der Waals surface area (Å²) < 4.78 is 5.30. The number of hydrogen-bond acceptors (Lipinski definition) is 2. The highest BCUT2D eigenvalue weighted by Gasteiger charge is 2.66. The molecule has 88 valence electrons. The summed E-state index contributed by atoms with van der Waals surface area (Å²) in [6, 6.07) is 0. The fourth-order valence-corrected chi connectivity index (χ4v) is 5.98. The predicted octanol–water partition coefficient (Wildman–Crippen LogP) is 2.33. The number of fused-ring (bicyclic) bond motifs is 8. The first kappa shape index (κ1) is 9.49. The van der Waals surface area contributed by atoms with Gasteiger partial charge < -0.3 is 4.74 Å². The Morgan fingerprint density at radius 2 is 1.69 bits per heavy atom. The maximum atomic E-state index is 11.8. The van der Waals surface area contributed by atoms with Gasteiger partial charge in [-0.2, -0.15) is 0 Å². The van der Waals surface area contributed by atoms with E-state index in [9.17, 15) is 4.79 Å². The normalized spacial score (nSPS) is 62.2. The first-order valence-electron chi connectivity index (χ1n) is 6.85. The monoisotopic (exact) mass is 220 g/mol. The highest BCUT2D eigenvalue weighted by molar-refractivity contribution is 5.76. The average Bonchev–Trinajstić information content (AvgIpc) is 2.90. The molecule has 0 radical (unpaired) electrons. The first-order chi connectivity index (χ1) is 7.68. The third-order valence-electron chi connectivity index (χ3n) is 6.20. The molecule has 1 saturated heterocycles. The second-order valence-electron chi connectivity index (χ2n) is 6.73. The molecule has 4 aliphatic rings. The van der Waals surface area contributed by atoms with Crippen molar-refractivity contribution >= 4 is 5.97 Å². The molecule has 3 aliphatic carbocycles. The van der Waals surface area contributed by atoms with Gasteiger partial charge in [0, 0.05) is 5.92 Å². The molecule has 0 amide bonds. The smallest absolute Gasteiger partial charge is 0.309 e. The maximum Gasteiger partial charge on any atom is 0.309 e. The number of carbonyl (C=O) groups is 1. The van der Waals surface area contributed by atoms with Gasteiger partial charge in [0.15, 0.2) is 0 Å². The minimum absolute atomic E-state index is 0.128. The lowest BCUT2D eigenvalue weighted by molar-refractivity contribution is -0.143. The molecule has 8 unspecified atom stereocenters. The Labute approximate surface area is 96.7 Å². The van der Waals surface area contributed by atoms with Crippen molar-refractivity contribution in [2.45, 2.75) is 26.7 Å². The van der Waals surface area contributed by atoms with E-state index in [-0.39, 0.29) is 5.97 Å². The van der Waals surface area contributed by atoms with Crippen LogP contribution in [0.3, 0.4) is 0 Å². The predicted molar refractivity (Wildman–Crippen MR) is 59.5 cm³/mol. The zero-order valence-corrected chi connectivity index (χ0v) is 10.1. The van der Waals surface area contributed by atoms with Crippen LogP contribution in [0.15, 0.2) is 0 Å². The number of rotatable bonds is 0. The molecule has 2 heteroatoms. The zero-order valence-electron chi connectivity index (χ0n) is 10.1. The van der Waals surface area contributed by atoms with Gasteiger partial charge in [-0.1, -0.05) is 13.8 Å². The maximum absolute atomic E-state index is 11.8. The Morgan fingerprint density at radius 1 is 1.00 bits per heavy atom. The quantitative estimate of drug-likeness (QED) is 0.586. The van der Waals surface area contributed by atoms with Crippen molar-refractivity contribution < 1.29 is 9.53 Å². The van der Waals surface area contributed by atoms with E-state index in [0.717, 1.165) is 36.2 Å². The van der Waals surface area contributed by atoms with Crippen molar-refractivity contribution in [1.29, 1.82) is 0 Å². The molecule has 0 spiro atoms. The van der Waals surface area contributed by atoms with Gasteiger partial charge in [-0.3, -0.25) is 4.79 Å². The third-order valence-corrected chi connectivity index (χ3v) is 6.20. The zero-order chi connectivity index (χ0) is 11.0. The van der Waals surface area contributed by atoms with Crippen molar-refractivity contribution in [3.63, 3.8) is 0 Å². The lowest BCUT2D eigenvalue weighted by Crippen LogP contribution is -2.36. The highest BCUT2D eigenvalue weighted by Crippen LogP contribution is 2.67. The minimum atomic E-state index is 0.128. The van der Waals surface area contributed by atoms with E-state index in [4.69, 9.17) is 4.74 Å². The molecule has 0 aromatic rings. The largest absolute Gasteiger partial charge is 0.465 e. The summed E-state index contributed by atoms with van der Waals surface area (Å²) in [6.45, 7) is 5.56. The van der Waals surface area contributed by atoms with Gasteiger partial charge >= 0.3 is 5.97 Å². The number of esters is 1. The number of carbonyl (C=O) groups excluding carboxylic acids is 1. The lowest BCUT2D eigenvalue weighted by atomic mass is 9.67. The second kappa shape index (κ2) is 2.83. The number of hydrogen-bond donors (Lipinski definition) is 0. The van der Waals surface area contributed by atoms with E-state index in [2.05, 4.69) is 13.8 Å². The molecule has 8 atom stereocenters. The Morgan fingerprint density at radius 3 is 2.44 bits per heavy atom. The molecule has 3 saturated carbocycles. The summed E-state index contributed by atoms with van der Waals surface area (Å²) in [5.41, 5.74) is 0. The summed E-state index contributed by atoms with van der Waals surface area (Å²) in [5, 5.41) is 0. The van der Waals surface area contributed by atoms with E-state index >= 15 is 0 Å². The van der Waals surface area contributed by atoms with Crippen LogP contribution in [-0.4, -0.2) is 12.6 Å². The van der Waals surface area contributed by atoms with Crippen molar-refractivity contribution in [3.05, 3.63) is 0 Å². The summed E-state index contributed by atoms with van der Waals surface area (Å²) >= 11 is 0. The van der Waals surface area contributed by atoms with Crippen molar-refractivity contribution in [3.8, 4) is 0 Å². The minimum Gasteiger partial charge on any atom is -0.465 e. The Balaban J connectivity index is 1.74. The van der Waals surface area contributed by atoms with Crippen LogP contribution in [-0.2, 0) is 9.53 Å². The van der Waals surface area contributed by atoms with Crippen LogP contribution in [0.1, 0.15) is 26.7 Å². The van der Waals surface area contributed by atoms with Crippen LogP contribution >= 0.6 is 0 Å². The van der Waals surface area contributed by atoms with E-state index in [1.54, 1.807) is 0 Å². The standard InChI is InChI=1S/C14H20O2/c1-6-3-7(2)12-9-4-8(11(6)12)10-5-16-14(15)13(9)10/h6-13H,3-5H2,1-2H3. The summed E-state index contributed by atoms with van der Waals surface area (Å²) in [5.74, 6) is 5.97. The van der Waals surface area contributed by atoms with E-state index in [1.807, 2.05) is 0 Å². The van der Waals surface area contributed by atoms with Gasteiger partial charge in [0.05, 0.1) is 12.5 Å². The molecule has 4 fully saturated rings. The molecular formula is C14H20O2. The van der Waals surface area contributed by atoms with Crippen LogP contribution in [0.4, 0.5) is 0 Å². The molecule has 2 nitrogen and oxygen atoms in total. The topological polar surface area (TPSA) is 26.3 Å². The molecule has 4 rings (SSSR count). The van der Waals surface area contributed by atoms with Crippen molar-refractivity contribution in [1.82, 2.24) is 0 Å². The SMILES string of the molecule is CC1CC(C)C2C3CC(C4COC(=O)C43)C12. The van der Waals surface area contributed by atoms with Crippen LogP contribution < -0.4 is 0 Å². The van der Waals surface area contributed by atoms with E-state index in [1.165, 1.54) is 12.8 Å². The van der Waals surface area contributed by atoms with Gasteiger partial charge in [-0.05, 0) is 48.3 Å². The molecule has 1 aliphatic heterocycles. The molecule has 0 aromatic carbocycles. The van der Waals surface area contributed by atoms with Crippen molar-refractivity contribution in [2.75, 3.05) is 6.61 Å². The number of cyclic esters (lactones) is 1. The molecule has 0 N–H and O–H groups in total. The fraction of sp³-hybridized carbons (Fsp3) is 0.929. The van der Waals surface area contributed by atoms with Gasteiger partial charge in [-0.15, -0.1) is 0 Å².